The quantitative estimate of drug-likeness (QED) is 0.555. The smallest absolute Gasteiger partial charge is 0.255 e. The Morgan fingerprint density at radius 2 is 2.00 bits per heavy atom. The van der Waals surface area contributed by atoms with Crippen molar-refractivity contribution < 1.29 is 4.79 Å². The van der Waals surface area contributed by atoms with Crippen LogP contribution in [0.5, 0.6) is 0 Å². The van der Waals surface area contributed by atoms with E-state index in [2.05, 4.69) is 32.1 Å². The van der Waals surface area contributed by atoms with Gasteiger partial charge in [-0.3, -0.25) is 4.79 Å². The molecular weight excluding hydrogens is 338 g/mol. The highest BCUT2D eigenvalue weighted by molar-refractivity contribution is 6.04. The minimum atomic E-state index is -0.192. The first-order chi connectivity index (χ1) is 13.3. The molecule has 0 unspecified atom stereocenters. The van der Waals surface area contributed by atoms with E-state index in [1.165, 1.54) is 0 Å². The van der Waals surface area contributed by atoms with Gasteiger partial charge in [-0.15, -0.1) is 0 Å². The van der Waals surface area contributed by atoms with Crippen LogP contribution in [0.2, 0.25) is 0 Å². The molecule has 2 N–H and O–H groups in total. The number of nitrogens with one attached hydrogen (secondary N) is 2. The largest absolute Gasteiger partial charge is 0.338 e. The Hall–Kier alpha value is -4.11. The van der Waals surface area contributed by atoms with Crippen LogP contribution in [0.4, 0.5) is 5.69 Å². The summed E-state index contributed by atoms with van der Waals surface area (Å²) >= 11 is 0. The Labute approximate surface area is 155 Å². The number of carbonyl (C=O) groups is 1. The van der Waals surface area contributed by atoms with Crippen molar-refractivity contribution in [2.75, 3.05) is 5.32 Å². The molecule has 27 heavy (non-hydrogen) atoms. The number of hydrogen-bond donors (Lipinski definition) is 2. The fourth-order valence-corrected chi connectivity index (χ4v) is 2.56. The van der Waals surface area contributed by atoms with Crippen molar-refractivity contribution in [3.05, 3.63) is 96.6 Å². The minimum absolute atomic E-state index is 0.192. The van der Waals surface area contributed by atoms with Crippen LogP contribution in [0.1, 0.15) is 21.6 Å². The number of rotatable bonds is 3. The average Bonchev–Trinajstić information content (AvgIpc) is 3.41. The first-order valence-corrected chi connectivity index (χ1v) is 8.28. The van der Waals surface area contributed by atoms with E-state index in [4.69, 9.17) is 0 Å². The zero-order chi connectivity index (χ0) is 18.5. The Morgan fingerprint density at radius 3 is 2.81 bits per heavy atom. The number of hydrogen-bond acceptors (Lipinski definition) is 3. The monoisotopic (exact) mass is 353 g/mol. The molecule has 0 spiro atoms. The molecule has 0 atom stereocenters. The van der Waals surface area contributed by atoms with Crippen molar-refractivity contribution in [3.8, 4) is 17.5 Å². The van der Waals surface area contributed by atoms with Crippen LogP contribution in [-0.4, -0.2) is 25.4 Å². The molecule has 4 aromatic rings. The van der Waals surface area contributed by atoms with Gasteiger partial charge in [-0.25, -0.2) is 9.97 Å². The third-order valence-electron chi connectivity index (χ3n) is 3.87. The van der Waals surface area contributed by atoms with E-state index in [-0.39, 0.29) is 5.91 Å². The van der Waals surface area contributed by atoms with E-state index in [1.807, 2.05) is 47.2 Å². The molecule has 0 saturated carbocycles. The third-order valence-corrected chi connectivity index (χ3v) is 3.87. The van der Waals surface area contributed by atoms with Crippen LogP contribution in [0.3, 0.4) is 0 Å². The lowest BCUT2D eigenvalue weighted by molar-refractivity contribution is 0.102. The van der Waals surface area contributed by atoms with Gasteiger partial charge in [-0.05, 0) is 42.3 Å². The lowest BCUT2D eigenvalue weighted by Crippen LogP contribution is -2.12. The number of amides is 1. The van der Waals surface area contributed by atoms with Crippen LogP contribution < -0.4 is 5.32 Å². The Morgan fingerprint density at radius 1 is 1.07 bits per heavy atom. The Kier molecular flexibility index (Phi) is 4.49. The predicted octanol–water partition coefficient (Wildman–Crippen LogP) is 3.25. The summed E-state index contributed by atoms with van der Waals surface area (Å²) in [6.45, 7) is 0. The number of imidazole rings is 2. The number of anilines is 1. The van der Waals surface area contributed by atoms with Gasteiger partial charge in [-0.1, -0.05) is 18.1 Å². The van der Waals surface area contributed by atoms with Crippen LogP contribution in [-0.2, 0) is 0 Å². The fourth-order valence-electron chi connectivity index (χ4n) is 2.56. The predicted molar refractivity (Wildman–Crippen MR) is 103 cm³/mol. The highest BCUT2D eigenvalue weighted by Crippen LogP contribution is 2.16. The summed E-state index contributed by atoms with van der Waals surface area (Å²) in [7, 11) is 0. The summed E-state index contributed by atoms with van der Waals surface area (Å²) in [5.41, 5.74) is 3.65. The number of H-pyrrole nitrogens is 1. The van der Waals surface area contributed by atoms with E-state index >= 15 is 0 Å². The first-order valence-electron chi connectivity index (χ1n) is 8.28. The molecule has 0 aliphatic carbocycles. The molecule has 0 aliphatic heterocycles. The zero-order valence-electron chi connectivity index (χ0n) is 14.3. The van der Waals surface area contributed by atoms with Crippen molar-refractivity contribution in [2.24, 2.45) is 0 Å². The molecule has 0 saturated heterocycles. The molecule has 0 aliphatic rings. The van der Waals surface area contributed by atoms with Gasteiger partial charge < -0.3 is 14.9 Å². The van der Waals surface area contributed by atoms with E-state index in [1.54, 1.807) is 37.2 Å². The molecule has 2 heterocycles. The molecule has 2 aromatic carbocycles. The van der Waals surface area contributed by atoms with Crippen LogP contribution >= 0.6 is 0 Å². The molecule has 0 fully saturated rings. The maximum absolute atomic E-state index is 12.6. The lowest BCUT2D eigenvalue weighted by atomic mass is 10.1. The highest BCUT2D eigenvalue weighted by Gasteiger charge is 2.07. The van der Waals surface area contributed by atoms with Crippen LogP contribution in [0.15, 0.2) is 79.8 Å². The van der Waals surface area contributed by atoms with E-state index in [0.717, 1.165) is 16.9 Å². The number of benzene rings is 2. The molecule has 4 rings (SSSR count). The first kappa shape index (κ1) is 16.4. The maximum Gasteiger partial charge on any atom is 0.255 e. The maximum atomic E-state index is 12.6. The number of aromatic amines is 1. The van der Waals surface area contributed by atoms with Gasteiger partial charge in [0.2, 0.25) is 0 Å². The second-order valence-electron chi connectivity index (χ2n) is 5.77. The van der Waals surface area contributed by atoms with Crippen molar-refractivity contribution in [1.82, 2.24) is 19.5 Å². The van der Waals surface area contributed by atoms with Gasteiger partial charge in [0.05, 0.1) is 18.9 Å². The topological polar surface area (TPSA) is 75.6 Å². The second kappa shape index (κ2) is 7.42. The number of nitrogens with zero attached hydrogens (tertiary/aromatic N) is 3. The molecule has 6 nitrogen and oxygen atoms in total. The Balaban J connectivity index is 1.52. The third kappa shape index (κ3) is 3.94. The number of aromatic nitrogens is 4. The standard InChI is InChI=1S/C21H15N5O/c27-21(25-18-5-2-6-20(12-18)26-10-9-22-15-26)17-4-1-3-16(11-17)7-8-19-13-23-14-24-19/h1-6,9-15H,(H,23,24)(H,25,27). The molecule has 130 valence electrons. The summed E-state index contributed by atoms with van der Waals surface area (Å²) < 4.78 is 1.88. The minimum Gasteiger partial charge on any atom is -0.338 e. The average molecular weight is 353 g/mol. The van der Waals surface area contributed by atoms with Gasteiger partial charge >= 0.3 is 0 Å². The van der Waals surface area contributed by atoms with E-state index in [0.29, 0.717) is 11.3 Å². The highest BCUT2D eigenvalue weighted by atomic mass is 16.1. The van der Waals surface area contributed by atoms with Crippen molar-refractivity contribution in [3.63, 3.8) is 0 Å². The summed E-state index contributed by atoms with van der Waals surface area (Å²) in [6, 6.07) is 14.8. The van der Waals surface area contributed by atoms with Gasteiger partial charge in [0.15, 0.2) is 0 Å². The van der Waals surface area contributed by atoms with Gasteiger partial charge in [0, 0.05) is 34.9 Å². The van der Waals surface area contributed by atoms with Crippen LogP contribution in [0, 0.1) is 11.8 Å². The SMILES string of the molecule is O=C(Nc1cccc(-n2ccnc2)c1)c1cccc(C#Cc2cnc[nH]2)c1. The Bertz CT molecular complexity index is 1120. The lowest BCUT2D eigenvalue weighted by Gasteiger charge is -2.08. The van der Waals surface area contributed by atoms with E-state index < -0.39 is 0 Å². The van der Waals surface area contributed by atoms with Gasteiger partial charge in [-0.2, -0.15) is 0 Å². The fraction of sp³-hybridized carbons (Fsp3) is 0. The summed E-state index contributed by atoms with van der Waals surface area (Å²) in [5.74, 6) is 5.80. The molecule has 0 bridgehead atoms. The zero-order valence-corrected chi connectivity index (χ0v) is 14.3. The second-order valence-corrected chi connectivity index (χ2v) is 5.77. The van der Waals surface area contributed by atoms with Gasteiger partial charge in [0.1, 0.15) is 5.69 Å². The summed E-state index contributed by atoms with van der Waals surface area (Å²) in [4.78, 5) is 23.5. The van der Waals surface area contributed by atoms with Gasteiger partial charge in [0.25, 0.3) is 5.91 Å². The number of carbonyl (C=O) groups excluding carboxylic acids is 1. The van der Waals surface area contributed by atoms with E-state index in [9.17, 15) is 4.79 Å². The normalized spacial score (nSPS) is 10.1. The van der Waals surface area contributed by atoms with Crippen molar-refractivity contribution in [2.45, 2.75) is 0 Å². The molecular formula is C21H15N5O. The summed E-state index contributed by atoms with van der Waals surface area (Å²) in [6.07, 6.45) is 8.50. The van der Waals surface area contributed by atoms with Crippen LogP contribution in [0.25, 0.3) is 5.69 Å². The molecule has 2 aromatic heterocycles. The molecule has 1 amide bonds. The molecule has 0 radical (unpaired) electrons. The van der Waals surface area contributed by atoms with Crippen molar-refractivity contribution >= 4 is 11.6 Å². The van der Waals surface area contributed by atoms with Crippen molar-refractivity contribution in [1.29, 1.82) is 0 Å². The summed E-state index contributed by atoms with van der Waals surface area (Å²) in [5, 5.41) is 2.92. The molecule has 6 heteroatoms.